The van der Waals surface area contributed by atoms with Gasteiger partial charge in [-0.15, -0.1) is 0 Å². The summed E-state index contributed by atoms with van der Waals surface area (Å²) < 4.78 is 0. The van der Waals surface area contributed by atoms with Gasteiger partial charge in [-0.3, -0.25) is 19.3 Å². The topological polar surface area (TPSA) is 141 Å². The van der Waals surface area contributed by atoms with Crippen LogP contribution in [0.4, 0.5) is 0 Å². The van der Waals surface area contributed by atoms with Gasteiger partial charge in [0.05, 0.1) is 11.0 Å². The normalized spacial score (nSPS) is 27.0. The summed E-state index contributed by atoms with van der Waals surface area (Å²) in [5.41, 5.74) is 6.07. The molecule has 9 heteroatoms. The number of primary amides is 1. The number of aliphatic hydroxyl groups excluding tert-OH is 2. The van der Waals surface area contributed by atoms with Crippen LogP contribution in [0.15, 0.2) is 53.3 Å². The molecule has 1 saturated heterocycles. The molecular formula is C32H33ClN2O6. The lowest BCUT2D eigenvalue weighted by atomic mass is 9.54. The number of phenols is 1. The van der Waals surface area contributed by atoms with Gasteiger partial charge in [0.1, 0.15) is 22.8 Å². The van der Waals surface area contributed by atoms with Crippen LogP contribution in [0.5, 0.6) is 5.75 Å². The third kappa shape index (κ3) is 4.27. The Labute approximate surface area is 243 Å². The number of aliphatic hydroxyl groups is 2. The van der Waals surface area contributed by atoms with Gasteiger partial charge in [-0.05, 0) is 86.2 Å². The zero-order valence-electron chi connectivity index (χ0n) is 22.8. The second-order valence-corrected chi connectivity index (χ2v) is 12.4. The number of nitrogens with zero attached hydrogens (tertiary/aromatic N) is 1. The molecule has 2 aromatic carbocycles. The molecule has 8 nitrogen and oxygen atoms in total. The fourth-order valence-electron chi connectivity index (χ4n) is 7.50. The molecule has 0 bridgehead atoms. The molecule has 0 spiro atoms. The Morgan fingerprint density at radius 1 is 1.07 bits per heavy atom. The number of allylic oxidation sites excluding steroid dienone is 2. The van der Waals surface area contributed by atoms with Crippen molar-refractivity contribution >= 4 is 34.8 Å². The Morgan fingerprint density at radius 3 is 2.41 bits per heavy atom. The van der Waals surface area contributed by atoms with Gasteiger partial charge in [0.15, 0.2) is 11.6 Å². The van der Waals surface area contributed by atoms with Crippen molar-refractivity contribution in [3.8, 4) is 5.75 Å². The molecule has 3 aliphatic carbocycles. The number of halogens is 1. The van der Waals surface area contributed by atoms with E-state index in [2.05, 4.69) is 29.2 Å². The summed E-state index contributed by atoms with van der Waals surface area (Å²) in [4.78, 5) is 40.8. The maximum atomic E-state index is 13.9. The first kappa shape index (κ1) is 27.5. The van der Waals surface area contributed by atoms with Crippen molar-refractivity contribution in [2.45, 2.75) is 51.5 Å². The summed E-state index contributed by atoms with van der Waals surface area (Å²) in [5.74, 6) is -3.97. The lowest BCUT2D eigenvalue weighted by Crippen LogP contribution is -2.51. The minimum absolute atomic E-state index is 0.0723. The van der Waals surface area contributed by atoms with Crippen LogP contribution >= 0.6 is 11.6 Å². The molecule has 3 atom stereocenters. The number of rotatable bonds is 4. The Hall–Kier alpha value is -3.62. The molecule has 1 amide bonds. The van der Waals surface area contributed by atoms with Gasteiger partial charge in [-0.25, -0.2) is 0 Å². The zero-order valence-corrected chi connectivity index (χ0v) is 23.6. The predicted molar refractivity (Wildman–Crippen MR) is 153 cm³/mol. The van der Waals surface area contributed by atoms with Gasteiger partial charge >= 0.3 is 0 Å². The monoisotopic (exact) mass is 576 g/mol. The van der Waals surface area contributed by atoms with Crippen LogP contribution in [0.1, 0.15) is 60.8 Å². The van der Waals surface area contributed by atoms with Gasteiger partial charge in [0.25, 0.3) is 5.91 Å². The van der Waals surface area contributed by atoms with Crippen LogP contribution in [0, 0.1) is 17.3 Å². The van der Waals surface area contributed by atoms with Crippen molar-refractivity contribution in [2.24, 2.45) is 23.0 Å². The largest absolute Gasteiger partial charge is 0.510 e. The van der Waals surface area contributed by atoms with Crippen LogP contribution < -0.4 is 5.73 Å². The van der Waals surface area contributed by atoms with Crippen molar-refractivity contribution in [1.29, 1.82) is 0 Å². The third-order valence-electron chi connectivity index (χ3n) is 9.81. The van der Waals surface area contributed by atoms with Gasteiger partial charge < -0.3 is 21.1 Å². The van der Waals surface area contributed by atoms with Crippen LogP contribution in [0.2, 0.25) is 5.02 Å². The zero-order chi connectivity index (χ0) is 29.2. The van der Waals surface area contributed by atoms with E-state index in [1.54, 1.807) is 6.07 Å². The van der Waals surface area contributed by atoms with E-state index >= 15 is 0 Å². The number of carbonyl (C=O) groups is 3. The maximum Gasteiger partial charge on any atom is 0.255 e. The van der Waals surface area contributed by atoms with Crippen molar-refractivity contribution in [2.75, 3.05) is 13.1 Å². The van der Waals surface area contributed by atoms with Crippen molar-refractivity contribution in [1.82, 2.24) is 4.90 Å². The molecule has 1 heterocycles. The molecule has 0 radical (unpaired) electrons. The van der Waals surface area contributed by atoms with E-state index in [-0.39, 0.29) is 29.1 Å². The van der Waals surface area contributed by atoms with Gasteiger partial charge in [0.2, 0.25) is 0 Å². The smallest absolute Gasteiger partial charge is 0.255 e. The quantitative estimate of drug-likeness (QED) is 0.385. The minimum Gasteiger partial charge on any atom is -0.510 e. The SMILES string of the molecule is C[C@]12C(=O)C3=C(O)c4c(O)cc(CN5CCC(c6ccccc6)CC5)c(Cl)c4CC3C[C@H]1CC(=O)C(C(N)=O)=C2O. The number of nitrogens with two attached hydrogens (primary N) is 1. The number of carbonyl (C=O) groups excluding carboxylic acids is 3. The Kier molecular flexibility index (Phi) is 6.74. The Balaban J connectivity index is 1.30. The average Bonchev–Trinajstić information content (AvgIpc) is 2.94. The highest BCUT2D eigenvalue weighted by atomic mass is 35.5. The van der Waals surface area contributed by atoms with Gasteiger partial charge in [0, 0.05) is 23.6 Å². The van der Waals surface area contributed by atoms with Crippen molar-refractivity contribution in [3.05, 3.63) is 80.6 Å². The van der Waals surface area contributed by atoms with Crippen molar-refractivity contribution < 1.29 is 29.7 Å². The number of fused-ring (bicyclic) bond motifs is 3. The first-order valence-electron chi connectivity index (χ1n) is 14.1. The summed E-state index contributed by atoms with van der Waals surface area (Å²) in [7, 11) is 0. The van der Waals surface area contributed by atoms with Gasteiger partial charge in [-0.2, -0.15) is 0 Å². The predicted octanol–water partition coefficient (Wildman–Crippen LogP) is 4.73. The number of Topliss-reactive ketones (excluding diaryl/α,β-unsaturated/α-hetero) is 2. The van der Waals surface area contributed by atoms with E-state index < -0.39 is 46.1 Å². The number of phenolic OH excluding ortho intramolecular Hbond substituents is 1. The molecule has 2 fully saturated rings. The van der Waals surface area contributed by atoms with E-state index in [1.807, 2.05) is 6.07 Å². The average molecular weight is 577 g/mol. The van der Waals surface area contributed by atoms with E-state index in [0.717, 1.165) is 31.5 Å². The molecule has 41 heavy (non-hydrogen) atoms. The molecular weight excluding hydrogens is 544 g/mol. The number of amides is 1. The second kappa shape index (κ2) is 10.0. The number of likely N-dealkylation sites (tertiary alicyclic amines) is 1. The summed E-state index contributed by atoms with van der Waals surface area (Å²) in [6.45, 7) is 3.80. The molecule has 0 aromatic heterocycles. The molecule has 1 saturated carbocycles. The lowest BCUT2D eigenvalue weighted by Gasteiger charge is -2.47. The number of aromatic hydroxyl groups is 1. The molecule has 214 valence electrons. The summed E-state index contributed by atoms with van der Waals surface area (Å²) in [6, 6.07) is 12.1. The number of piperidine rings is 1. The first-order valence-corrected chi connectivity index (χ1v) is 14.5. The highest BCUT2D eigenvalue weighted by Crippen LogP contribution is 2.56. The fraction of sp³-hybridized carbons (Fsp3) is 0.406. The highest BCUT2D eigenvalue weighted by Gasteiger charge is 2.58. The molecule has 2 aromatic rings. The number of hydrogen-bond acceptors (Lipinski definition) is 7. The standard InChI is InChI=1S/C32H33ClN2O6/c1-32-20(14-23(37)26(30(32)40)31(34)41)11-18-12-21-25(28(38)24(18)29(32)39)22(36)13-19(27(21)33)15-35-9-7-17(8-10-35)16-5-3-2-4-6-16/h2-6,13,17-18,20,36,38,40H,7-12,14-15H2,1H3,(H2,34,41)/t18?,20-,32+/m0/s1. The Bertz CT molecular complexity index is 1540. The van der Waals surface area contributed by atoms with E-state index in [0.29, 0.717) is 35.9 Å². The molecule has 6 rings (SSSR count). The van der Waals surface area contributed by atoms with Gasteiger partial charge in [-0.1, -0.05) is 41.9 Å². The second-order valence-electron chi connectivity index (χ2n) is 12.0. The maximum absolute atomic E-state index is 13.9. The van der Waals surface area contributed by atoms with Crippen molar-refractivity contribution in [3.63, 3.8) is 0 Å². The van der Waals surface area contributed by atoms with Crippen LogP contribution in [0.3, 0.4) is 0 Å². The first-order chi connectivity index (χ1) is 19.5. The Morgan fingerprint density at radius 2 is 1.76 bits per heavy atom. The number of hydrogen-bond donors (Lipinski definition) is 4. The fourth-order valence-corrected chi connectivity index (χ4v) is 7.78. The van der Waals surface area contributed by atoms with Crippen LogP contribution in [-0.4, -0.2) is 50.8 Å². The lowest BCUT2D eigenvalue weighted by molar-refractivity contribution is -0.134. The highest BCUT2D eigenvalue weighted by molar-refractivity contribution is 6.32. The molecule has 5 N–H and O–H groups in total. The van der Waals surface area contributed by atoms with Crippen LogP contribution in [0.25, 0.3) is 5.76 Å². The number of ketones is 2. The number of benzene rings is 2. The summed E-state index contributed by atoms with van der Waals surface area (Å²) in [5, 5.41) is 33.8. The van der Waals surface area contributed by atoms with Crippen LogP contribution in [-0.2, 0) is 27.3 Å². The molecule has 1 aliphatic heterocycles. The molecule has 4 aliphatic rings. The third-order valence-corrected chi connectivity index (χ3v) is 10.3. The van der Waals surface area contributed by atoms with E-state index in [1.165, 1.54) is 12.5 Å². The minimum atomic E-state index is -1.58. The summed E-state index contributed by atoms with van der Waals surface area (Å²) >= 11 is 6.93. The summed E-state index contributed by atoms with van der Waals surface area (Å²) in [6.07, 6.45) is 2.54. The van der Waals surface area contributed by atoms with E-state index in [9.17, 15) is 29.7 Å². The van der Waals surface area contributed by atoms with E-state index in [4.69, 9.17) is 17.3 Å². The molecule has 1 unspecified atom stereocenters.